The summed E-state index contributed by atoms with van der Waals surface area (Å²) < 4.78 is 40.1. The third-order valence-electron chi connectivity index (χ3n) is 2.62. The van der Waals surface area contributed by atoms with Crippen molar-refractivity contribution in [3.8, 4) is 0 Å². The minimum Gasteiger partial charge on any atom is -0.373 e. The third kappa shape index (κ3) is 3.66. The molecule has 0 saturated heterocycles. The Morgan fingerprint density at radius 1 is 0.952 bits per heavy atom. The summed E-state index contributed by atoms with van der Waals surface area (Å²) in [7, 11) is 0. The summed E-state index contributed by atoms with van der Waals surface area (Å²) in [6.07, 6.45) is 0. The van der Waals surface area contributed by atoms with Gasteiger partial charge < -0.3 is 10.6 Å². The van der Waals surface area contributed by atoms with Crippen LogP contribution in [0.5, 0.6) is 0 Å². The van der Waals surface area contributed by atoms with Gasteiger partial charge in [-0.15, -0.1) is 0 Å². The zero-order valence-corrected chi connectivity index (χ0v) is 11.3. The van der Waals surface area contributed by atoms with Crippen molar-refractivity contribution in [2.45, 2.75) is 0 Å². The average molecular weight is 315 g/mol. The predicted molar refractivity (Wildman–Crippen MR) is 74.9 cm³/mol. The van der Waals surface area contributed by atoms with Crippen LogP contribution in [-0.2, 0) is 4.79 Å². The molecule has 0 spiro atoms. The molecule has 0 aliphatic carbocycles. The molecule has 1 amide bonds. The van der Waals surface area contributed by atoms with Crippen LogP contribution < -0.4 is 10.6 Å². The normalized spacial score (nSPS) is 10.3. The molecule has 0 aromatic heterocycles. The molecule has 0 aliphatic heterocycles. The molecule has 0 bridgehead atoms. The van der Waals surface area contributed by atoms with Gasteiger partial charge in [-0.25, -0.2) is 13.2 Å². The average Bonchev–Trinajstić information content (AvgIpc) is 2.42. The van der Waals surface area contributed by atoms with Gasteiger partial charge in [0.1, 0.15) is 23.1 Å². The molecular formula is C14H10ClF3N2O. The van der Waals surface area contributed by atoms with E-state index in [1.807, 2.05) is 0 Å². The van der Waals surface area contributed by atoms with E-state index in [-0.39, 0.29) is 10.7 Å². The zero-order valence-electron chi connectivity index (χ0n) is 10.6. The number of carbonyl (C=O) groups is 1. The second-order valence-electron chi connectivity index (χ2n) is 4.10. The molecule has 110 valence electrons. The van der Waals surface area contributed by atoms with Gasteiger partial charge in [0.15, 0.2) is 0 Å². The van der Waals surface area contributed by atoms with Gasteiger partial charge in [-0.3, -0.25) is 4.79 Å². The van der Waals surface area contributed by atoms with E-state index < -0.39 is 35.6 Å². The highest BCUT2D eigenvalue weighted by Crippen LogP contribution is 2.24. The maximum Gasteiger partial charge on any atom is 0.243 e. The summed E-state index contributed by atoms with van der Waals surface area (Å²) in [5.41, 5.74) is -0.604. The molecule has 0 unspecified atom stereocenters. The number of amides is 1. The van der Waals surface area contributed by atoms with Crippen LogP contribution in [-0.4, -0.2) is 12.5 Å². The fourth-order valence-electron chi connectivity index (χ4n) is 1.64. The van der Waals surface area contributed by atoms with E-state index in [9.17, 15) is 18.0 Å². The van der Waals surface area contributed by atoms with Crippen molar-refractivity contribution in [3.05, 3.63) is 58.9 Å². The van der Waals surface area contributed by atoms with E-state index in [4.69, 9.17) is 11.6 Å². The number of nitrogens with one attached hydrogen (secondary N) is 2. The zero-order chi connectivity index (χ0) is 15.4. The Morgan fingerprint density at radius 3 is 2.05 bits per heavy atom. The quantitative estimate of drug-likeness (QED) is 0.901. The Kier molecular flexibility index (Phi) is 4.70. The molecule has 0 fully saturated rings. The lowest BCUT2D eigenvalue weighted by Crippen LogP contribution is -2.23. The maximum atomic E-state index is 13.5. The first-order chi connectivity index (χ1) is 9.99. The summed E-state index contributed by atoms with van der Waals surface area (Å²) in [6.45, 7) is -0.394. The number of para-hydroxylation sites is 2. The van der Waals surface area contributed by atoms with Crippen LogP contribution in [0.4, 0.5) is 24.5 Å². The van der Waals surface area contributed by atoms with Crippen LogP contribution in [0.2, 0.25) is 5.02 Å². The van der Waals surface area contributed by atoms with Gasteiger partial charge in [0, 0.05) is 0 Å². The van der Waals surface area contributed by atoms with Crippen molar-refractivity contribution < 1.29 is 18.0 Å². The Labute approximate surface area is 123 Å². The molecule has 21 heavy (non-hydrogen) atoms. The number of hydrogen-bond acceptors (Lipinski definition) is 2. The summed E-state index contributed by atoms with van der Waals surface area (Å²) in [4.78, 5) is 11.6. The van der Waals surface area contributed by atoms with Crippen molar-refractivity contribution in [1.82, 2.24) is 0 Å². The molecule has 0 heterocycles. The van der Waals surface area contributed by atoms with Crippen LogP contribution in [0.1, 0.15) is 0 Å². The molecule has 2 aromatic carbocycles. The summed E-state index contributed by atoms with van der Waals surface area (Å²) >= 11 is 5.77. The molecule has 3 nitrogen and oxygen atoms in total. The number of anilines is 2. The lowest BCUT2D eigenvalue weighted by Gasteiger charge is -2.10. The first-order valence-corrected chi connectivity index (χ1v) is 6.28. The van der Waals surface area contributed by atoms with Gasteiger partial charge in [-0.1, -0.05) is 23.7 Å². The number of halogens is 4. The molecule has 2 N–H and O–H groups in total. The smallest absolute Gasteiger partial charge is 0.243 e. The fourth-order valence-corrected chi connectivity index (χ4v) is 1.87. The van der Waals surface area contributed by atoms with E-state index >= 15 is 0 Å². The fraction of sp³-hybridized carbons (Fsp3) is 0.0714. The number of hydrogen-bond donors (Lipinski definition) is 2. The van der Waals surface area contributed by atoms with Gasteiger partial charge in [0.25, 0.3) is 0 Å². The van der Waals surface area contributed by atoms with Gasteiger partial charge >= 0.3 is 0 Å². The van der Waals surface area contributed by atoms with Gasteiger partial charge in [-0.2, -0.15) is 0 Å². The van der Waals surface area contributed by atoms with Gasteiger partial charge in [-0.05, 0) is 24.3 Å². The molecular weight excluding hydrogens is 305 g/mol. The monoisotopic (exact) mass is 314 g/mol. The first kappa shape index (κ1) is 15.2. The van der Waals surface area contributed by atoms with E-state index in [1.165, 1.54) is 24.3 Å². The lowest BCUT2D eigenvalue weighted by atomic mass is 10.3. The lowest BCUT2D eigenvalue weighted by molar-refractivity contribution is -0.114. The van der Waals surface area contributed by atoms with Crippen molar-refractivity contribution >= 4 is 28.9 Å². The maximum absolute atomic E-state index is 13.5. The summed E-state index contributed by atoms with van der Waals surface area (Å²) in [5.74, 6) is -3.16. The van der Waals surface area contributed by atoms with E-state index in [1.54, 1.807) is 0 Å². The van der Waals surface area contributed by atoms with E-state index in [0.717, 1.165) is 12.1 Å². The van der Waals surface area contributed by atoms with Crippen molar-refractivity contribution in [1.29, 1.82) is 0 Å². The number of carbonyl (C=O) groups excluding carboxylic acids is 1. The molecule has 2 aromatic rings. The summed E-state index contributed by atoms with van der Waals surface area (Å²) in [6, 6.07) is 7.24. The molecule has 0 atom stereocenters. The molecule has 7 heteroatoms. The Morgan fingerprint density at radius 2 is 1.48 bits per heavy atom. The topological polar surface area (TPSA) is 41.1 Å². The van der Waals surface area contributed by atoms with Crippen LogP contribution in [0.15, 0.2) is 36.4 Å². The largest absolute Gasteiger partial charge is 0.373 e. The van der Waals surface area contributed by atoms with Crippen LogP contribution in [0.25, 0.3) is 0 Å². The van der Waals surface area contributed by atoms with Crippen LogP contribution in [0.3, 0.4) is 0 Å². The van der Waals surface area contributed by atoms with Gasteiger partial charge in [0.05, 0.1) is 17.3 Å². The van der Waals surface area contributed by atoms with Crippen molar-refractivity contribution in [3.63, 3.8) is 0 Å². The number of rotatable bonds is 4. The number of benzene rings is 2. The Hall–Kier alpha value is -2.21. The molecule has 2 rings (SSSR count). The van der Waals surface area contributed by atoms with Crippen molar-refractivity contribution in [2.75, 3.05) is 17.2 Å². The minimum absolute atomic E-state index is 0.0525. The molecule has 0 aliphatic rings. The third-order valence-corrected chi connectivity index (χ3v) is 2.93. The SMILES string of the molecule is O=C(CNc1c(F)cccc1Cl)Nc1c(F)cccc1F. The molecule has 0 radical (unpaired) electrons. The highest BCUT2D eigenvalue weighted by atomic mass is 35.5. The molecule has 0 saturated carbocycles. The summed E-state index contributed by atoms with van der Waals surface area (Å²) in [5, 5.41) is 4.64. The van der Waals surface area contributed by atoms with Gasteiger partial charge in [0.2, 0.25) is 5.91 Å². The van der Waals surface area contributed by atoms with E-state index in [0.29, 0.717) is 0 Å². The second kappa shape index (κ2) is 6.49. The highest BCUT2D eigenvalue weighted by molar-refractivity contribution is 6.33. The van der Waals surface area contributed by atoms with Crippen molar-refractivity contribution in [2.24, 2.45) is 0 Å². The minimum atomic E-state index is -0.896. The Bertz CT molecular complexity index is 639. The predicted octanol–water partition coefficient (Wildman–Crippen LogP) is 3.81. The van der Waals surface area contributed by atoms with E-state index in [2.05, 4.69) is 10.6 Å². The second-order valence-corrected chi connectivity index (χ2v) is 4.50. The Balaban J connectivity index is 2.03. The first-order valence-electron chi connectivity index (χ1n) is 5.91. The van der Waals surface area contributed by atoms with Crippen LogP contribution >= 0.6 is 11.6 Å². The highest BCUT2D eigenvalue weighted by Gasteiger charge is 2.13. The standard InChI is InChI=1S/C14H10ClF3N2O/c15-8-3-1-4-9(16)13(8)19-7-12(21)20-14-10(17)5-2-6-11(14)18/h1-6,19H,7H2,(H,20,21). The van der Waals surface area contributed by atoms with Crippen LogP contribution in [0, 0.1) is 17.5 Å².